The molecule has 130 valence electrons. The molecule has 0 bridgehead atoms. The molecule has 2 aromatic carbocycles. The van der Waals surface area contributed by atoms with Gasteiger partial charge in [-0.1, -0.05) is 35.6 Å². The van der Waals surface area contributed by atoms with Crippen molar-refractivity contribution in [2.75, 3.05) is 27.4 Å². The molecule has 0 saturated carbocycles. The lowest BCUT2D eigenvalue weighted by Gasteiger charge is -2.09. The van der Waals surface area contributed by atoms with Crippen molar-refractivity contribution in [3.8, 4) is 29.1 Å². The van der Waals surface area contributed by atoms with Crippen LogP contribution in [0.15, 0.2) is 42.5 Å². The Kier molecular flexibility index (Phi) is 7.00. The minimum atomic E-state index is -0.277. The van der Waals surface area contributed by atoms with E-state index in [0.717, 1.165) is 0 Å². The Balaban J connectivity index is 1.84. The van der Waals surface area contributed by atoms with Crippen LogP contribution in [0.5, 0.6) is 17.2 Å². The Morgan fingerprint density at radius 3 is 2.60 bits per heavy atom. The SMILES string of the molecule is COc1ccc(C(=O)NCC#CCOc2ccccc2Cl)c(OC)c1. The second kappa shape index (κ2) is 9.45. The quantitative estimate of drug-likeness (QED) is 0.805. The van der Waals surface area contributed by atoms with E-state index >= 15 is 0 Å². The average molecular weight is 360 g/mol. The topological polar surface area (TPSA) is 56.8 Å². The van der Waals surface area contributed by atoms with Crippen LogP contribution in [0.3, 0.4) is 0 Å². The minimum Gasteiger partial charge on any atom is -0.497 e. The molecular formula is C19H18ClNO4. The maximum Gasteiger partial charge on any atom is 0.255 e. The van der Waals surface area contributed by atoms with E-state index in [4.69, 9.17) is 25.8 Å². The molecule has 0 radical (unpaired) electrons. The van der Waals surface area contributed by atoms with Gasteiger partial charge in [0.2, 0.25) is 0 Å². The molecule has 0 unspecified atom stereocenters. The number of halogens is 1. The first kappa shape index (κ1) is 18.5. The summed E-state index contributed by atoms with van der Waals surface area (Å²) < 4.78 is 15.7. The summed E-state index contributed by atoms with van der Waals surface area (Å²) in [7, 11) is 3.05. The fourth-order valence-corrected chi connectivity index (χ4v) is 2.19. The van der Waals surface area contributed by atoms with Crippen LogP contribution < -0.4 is 19.5 Å². The van der Waals surface area contributed by atoms with Crippen LogP contribution >= 0.6 is 11.6 Å². The Labute approximate surface area is 151 Å². The van der Waals surface area contributed by atoms with Gasteiger partial charge in [0.1, 0.15) is 23.9 Å². The third kappa shape index (κ3) is 5.33. The predicted octanol–water partition coefficient (Wildman–Crippen LogP) is 3.17. The fraction of sp³-hybridized carbons (Fsp3) is 0.211. The molecule has 1 N–H and O–H groups in total. The number of rotatable bonds is 6. The van der Waals surface area contributed by atoms with E-state index in [9.17, 15) is 4.79 Å². The molecule has 6 heteroatoms. The molecule has 0 saturated heterocycles. The molecule has 5 nitrogen and oxygen atoms in total. The maximum absolute atomic E-state index is 12.2. The Hall–Kier alpha value is -2.84. The zero-order valence-corrected chi connectivity index (χ0v) is 14.7. The number of ether oxygens (including phenoxy) is 3. The van der Waals surface area contributed by atoms with Crippen molar-refractivity contribution >= 4 is 17.5 Å². The first-order valence-corrected chi connectivity index (χ1v) is 7.86. The van der Waals surface area contributed by atoms with E-state index in [1.165, 1.54) is 7.11 Å². The number of amides is 1. The van der Waals surface area contributed by atoms with Gasteiger partial charge in [0.05, 0.1) is 31.4 Å². The van der Waals surface area contributed by atoms with Crippen molar-refractivity contribution in [2.24, 2.45) is 0 Å². The van der Waals surface area contributed by atoms with Crippen molar-refractivity contribution in [1.82, 2.24) is 5.32 Å². The van der Waals surface area contributed by atoms with Gasteiger partial charge in [0, 0.05) is 6.07 Å². The summed E-state index contributed by atoms with van der Waals surface area (Å²) in [6.45, 7) is 0.380. The summed E-state index contributed by atoms with van der Waals surface area (Å²) in [5.41, 5.74) is 0.414. The fourth-order valence-electron chi connectivity index (χ4n) is 1.99. The lowest BCUT2D eigenvalue weighted by atomic mass is 10.1. The van der Waals surface area contributed by atoms with E-state index in [0.29, 0.717) is 27.8 Å². The monoisotopic (exact) mass is 359 g/mol. The highest BCUT2D eigenvalue weighted by atomic mass is 35.5. The minimum absolute atomic E-state index is 0.186. The van der Waals surface area contributed by atoms with Gasteiger partial charge in [0.15, 0.2) is 0 Å². The van der Waals surface area contributed by atoms with Crippen LogP contribution in [-0.2, 0) is 0 Å². The third-order valence-corrected chi connectivity index (χ3v) is 3.56. The average Bonchev–Trinajstić information content (AvgIpc) is 2.65. The molecule has 1 amide bonds. The predicted molar refractivity (Wildman–Crippen MR) is 96.6 cm³/mol. The smallest absolute Gasteiger partial charge is 0.255 e. The van der Waals surface area contributed by atoms with Crippen molar-refractivity contribution in [2.45, 2.75) is 0 Å². The second-order valence-corrected chi connectivity index (χ2v) is 5.23. The first-order valence-electron chi connectivity index (χ1n) is 7.49. The largest absolute Gasteiger partial charge is 0.497 e. The van der Waals surface area contributed by atoms with Crippen molar-refractivity contribution in [3.63, 3.8) is 0 Å². The zero-order valence-electron chi connectivity index (χ0n) is 14.0. The molecule has 0 aliphatic rings. The number of carbonyl (C=O) groups is 1. The molecule has 0 aromatic heterocycles. The lowest BCUT2D eigenvalue weighted by molar-refractivity contribution is 0.0955. The first-order chi connectivity index (χ1) is 12.2. The number of nitrogens with one attached hydrogen (secondary N) is 1. The summed E-state index contributed by atoms with van der Waals surface area (Å²) >= 11 is 5.97. The highest BCUT2D eigenvalue weighted by Gasteiger charge is 2.12. The number of para-hydroxylation sites is 1. The standard InChI is InChI=1S/C19H18ClNO4/c1-23-14-9-10-15(18(13-14)24-2)19(22)21-11-5-6-12-25-17-8-4-3-7-16(17)20/h3-4,7-10,13H,11-12H2,1-2H3,(H,21,22). The van der Waals surface area contributed by atoms with Crippen molar-refractivity contribution < 1.29 is 19.0 Å². The molecule has 0 aliphatic heterocycles. The number of benzene rings is 2. The van der Waals surface area contributed by atoms with E-state index in [-0.39, 0.29) is 19.1 Å². The Morgan fingerprint density at radius 2 is 1.88 bits per heavy atom. The highest BCUT2D eigenvalue weighted by molar-refractivity contribution is 6.32. The van der Waals surface area contributed by atoms with Gasteiger partial charge in [-0.2, -0.15) is 0 Å². The van der Waals surface area contributed by atoms with E-state index in [1.54, 1.807) is 37.4 Å². The number of hydrogen-bond acceptors (Lipinski definition) is 4. The van der Waals surface area contributed by atoms with Crippen LogP contribution in [0.4, 0.5) is 0 Å². The van der Waals surface area contributed by atoms with Crippen molar-refractivity contribution in [3.05, 3.63) is 53.1 Å². The molecule has 25 heavy (non-hydrogen) atoms. The van der Waals surface area contributed by atoms with E-state index in [1.807, 2.05) is 12.1 Å². The van der Waals surface area contributed by atoms with Gasteiger partial charge in [-0.05, 0) is 24.3 Å². The Morgan fingerprint density at radius 1 is 1.08 bits per heavy atom. The van der Waals surface area contributed by atoms with E-state index in [2.05, 4.69) is 17.2 Å². The normalized spacial score (nSPS) is 9.56. The van der Waals surface area contributed by atoms with Gasteiger partial charge in [-0.15, -0.1) is 0 Å². The van der Waals surface area contributed by atoms with Crippen LogP contribution in [0.1, 0.15) is 10.4 Å². The van der Waals surface area contributed by atoms with Gasteiger partial charge in [0.25, 0.3) is 5.91 Å². The molecule has 0 aliphatic carbocycles. The lowest BCUT2D eigenvalue weighted by Crippen LogP contribution is -2.24. The number of methoxy groups -OCH3 is 2. The summed E-state index contributed by atoms with van der Waals surface area (Å²) in [5.74, 6) is 6.99. The van der Waals surface area contributed by atoms with Crippen LogP contribution in [0.25, 0.3) is 0 Å². The number of carbonyl (C=O) groups excluding carboxylic acids is 1. The second-order valence-electron chi connectivity index (χ2n) is 4.82. The number of hydrogen-bond donors (Lipinski definition) is 1. The van der Waals surface area contributed by atoms with Gasteiger partial charge < -0.3 is 19.5 Å². The molecule has 0 spiro atoms. The van der Waals surface area contributed by atoms with Crippen LogP contribution in [-0.4, -0.2) is 33.3 Å². The van der Waals surface area contributed by atoms with Gasteiger partial charge in [-0.25, -0.2) is 0 Å². The molecule has 0 fully saturated rings. The summed E-state index contributed by atoms with van der Waals surface area (Å²) in [4.78, 5) is 12.2. The van der Waals surface area contributed by atoms with Crippen LogP contribution in [0, 0.1) is 11.8 Å². The van der Waals surface area contributed by atoms with E-state index < -0.39 is 0 Å². The third-order valence-electron chi connectivity index (χ3n) is 3.25. The van der Waals surface area contributed by atoms with Crippen molar-refractivity contribution in [1.29, 1.82) is 0 Å². The molecule has 2 rings (SSSR count). The summed E-state index contributed by atoms with van der Waals surface area (Å²) in [6, 6.07) is 12.1. The zero-order chi connectivity index (χ0) is 18.1. The summed E-state index contributed by atoms with van der Waals surface area (Å²) in [6.07, 6.45) is 0. The molecular weight excluding hydrogens is 342 g/mol. The Bertz CT molecular complexity index is 795. The van der Waals surface area contributed by atoms with Crippen LogP contribution in [0.2, 0.25) is 5.02 Å². The van der Waals surface area contributed by atoms with Gasteiger partial charge >= 0.3 is 0 Å². The summed E-state index contributed by atoms with van der Waals surface area (Å²) in [5, 5.41) is 3.24. The molecule has 0 atom stereocenters. The van der Waals surface area contributed by atoms with Gasteiger partial charge in [-0.3, -0.25) is 4.79 Å². The molecule has 2 aromatic rings. The molecule has 0 heterocycles. The highest BCUT2D eigenvalue weighted by Crippen LogP contribution is 2.24. The maximum atomic E-state index is 12.2.